The smallest absolute Gasteiger partial charge is 0.160 e. The van der Waals surface area contributed by atoms with E-state index < -0.39 is 0 Å². The van der Waals surface area contributed by atoms with Crippen molar-refractivity contribution < 1.29 is 4.42 Å². The van der Waals surface area contributed by atoms with Crippen LogP contribution in [0, 0.1) is 0 Å². The zero-order valence-corrected chi connectivity index (χ0v) is 33.2. The third-order valence-electron chi connectivity index (χ3n) is 11.4. The van der Waals surface area contributed by atoms with Crippen molar-refractivity contribution in [2.75, 3.05) is 0 Å². The molecule has 2 heterocycles. The normalized spacial score (nSPS) is 11.3. The van der Waals surface area contributed by atoms with Crippen LogP contribution in [0.3, 0.4) is 0 Å². The van der Waals surface area contributed by atoms with Crippen LogP contribution < -0.4 is 0 Å². The van der Waals surface area contributed by atoms with Crippen molar-refractivity contribution in [3.05, 3.63) is 231 Å². The van der Waals surface area contributed by atoms with E-state index in [0.717, 1.165) is 94.5 Å². The standard InChI is InChI=1S/C58H38N2O/c1-5-16-39(17-6-1)43-24-15-25-44(30-43)48-32-49(45-28-29-57-53(37-45)52-26-13-14-27-56(52)61-57)36-51(35-48)55-38-54(59-58(60-55)42-22-11-4-12-23-42)50-33-46(40-18-7-2-8-19-40)31-47(34-50)41-20-9-3-10-21-41/h1-38H. The van der Waals surface area contributed by atoms with Crippen LogP contribution in [-0.2, 0) is 0 Å². The zero-order valence-electron chi connectivity index (χ0n) is 33.2. The summed E-state index contributed by atoms with van der Waals surface area (Å²) >= 11 is 0. The molecule has 0 aliphatic rings. The minimum atomic E-state index is 0.670. The van der Waals surface area contributed by atoms with Crippen LogP contribution in [0.2, 0.25) is 0 Å². The Hall–Kier alpha value is -8.14. The molecule has 0 aliphatic carbocycles. The molecule has 0 fully saturated rings. The molecule has 0 radical (unpaired) electrons. The van der Waals surface area contributed by atoms with Crippen molar-refractivity contribution in [3.8, 4) is 89.5 Å². The maximum absolute atomic E-state index is 6.25. The highest BCUT2D eigenvalue weighted by Gasteiger charge is 2.17. The van der Waals surface area contributed by atoms with Crippen molar-refractivity contribution in [3.63, 3.8) is 0 Å². The Morgan fingerprint density at radius 2 is 0.607 bits per heavy atom. The average molecular weight is 779 g/mol. The summed E-state index contributed by atoms with van der Waals surface area (Å²) in [4.78, 5) is 10.7. The summed E-state index contributed by atoms with van der Waals surface area (Å²) in [5.74, 6) is 0.670. The monoisotopic (exact) mass is 778 g/mol. The maximum Gasteiger partial charge on any atom is 0.160 e. The molecule has 2 aromatic heterocycles. The number of benzene rings is 9. The fourth-order valence-corrected chi connectivity index (χ4v) is 8.35. The first-order valence-corrected chi connectivity index (χ1v) is 20.6. The third-order valence-corrected chi connectivity index (χ3v) is 11.4. The lowest BCUT2D eigenvalue weighted by Crippen LogP contribution is -1.97. The molecule has 0 bridgehead atoms. The highest BCUT2D eigenvalue weighted by atomic mass is 16.3. The van der Waals surface area contributed by atoms with E-state index in [1.165, 1.54) is 11.1 Å². The molecule has 3 nitrogen and oxygen atoms in total. The van der Waals surface area contributed by atoms with E-state index in [4.69, 9.17) is 14.4 Å². The van der Waals surface area contributed by atoms with Crippen molar-refractivity contribution in [2.24, 2.45) is 0 Å². The molecule has 9 aromatic carbocycles. The van der Waals surface area contributed by atoms with Gasteiger partial charge in [0, 0.05) is 27.5 Å². The van der Waals surface area contributed by atoms with E-state index in [0.29, 0.717) is 5.82 Å². The lowest BCUT2D eigenvalue weighted by Gasteiger charge is -2.15. The van der Waals surface area contributed by atoms with Crippen LogP contribution in [-0.4, -0.2) is 9.97 Å². The van der Waals surface area contributed by atoms with Crippen molar-refractivity contribution in [2.45, 2.75) is 0 Å². The van der Waals surface area contributed by atoms with Gasteiger partial charge in [-0.25, -0.2) is 9.97 Å². The molecule has 11 rings (SSSR count). The summed E-state index contributed by atoms with van der Waals surface area (Å²) in [7, 11) is 0. The SMILES string of the molecule is c1ccc(-c2cccc(-c3cc(-c4ccc5oc6ccccc6c5c4)cc(-c4cc(-c5cc(-c6ccccc6)cc(-c6ccccc6)c5)nc(-c5ccccc5)n4)c3)c2)cc1. The van der Waals surface area contributed by atoms with Gasteiger partial charge >= 0.3 is 0 Å². The van der Waals surface area contributed by atoms with Crippen LogP contribution >= 0.6 is 0 Å². The fraction of sp³-hybridized carbons (Fsp3) is 0. The van der Waals surface area contributed by atoms with Gasteiger partial charge < -0.3 is 4.42 Å². The van der Waals surface area contributed by atoms with E-state index >= 15 is 0 Å². The lowest BCUT2D eigenvalue weighted by atomic mass is 9.92. The van der Waals surface area contributed by atoms with Gasteiger partial charge in [0.05, 0.1) is 11.4 Å². The minimum absolute atomic E-state index is 0.670. The number of para-hydroxylation sites is 1. The summed E-state index contributed by atoms with van der Waals surface area (Å²) in [6.07, 6.45) is 0. The Morgan fingerprint density at radius 1 is 0.230 bits per heavy atom. The first kappa shape index (κ1) is 36.0. The second-order valence-corrected chi connectivity index (χ2v) is 15.4. The van der Waals surface area contributed by atoms with Crippen molar-refractivity contribution in [1.82, 2.24) is 9.97 Å². The number of hydrogen-bond donors (Lipinski definition) is 0. The molecule has 0 amide bonds. The predicted molar refractivity (Wildman–Crippen MR) is 253 cm³/mol. The number of furan rings is 1. The molecule has 0 unspecified atom stereocenters. The highest BCUT2D eigenvalue weighted by Crippen LogP contribution is 2.39. The summed E-state index contributed by atoms with van der Waals surface area (Å²) in [5.41, 5.74) is 17.7. The van der Waals surface area contributed by atoms with E-state index in [1.54, 1.807) is 0 Å². The Kier molecular flexibility index (Phi) is 9.18. The van der Waals surface area contributed by atoms with Crippen LogP contribution in [0.1, 0.15) is 0 Å². The number of rotatable bonds is 8. The Balaban J connectivity index is 1.14. The van der Waals surface area contributed by atoms with E-state index in [9.17, 15) is 0 Å². The molecule has 0 N–H and O–H groups in total. The number of aromatic nitrogens is 2. The van der Waals surface area contributed by atoms with Gasteiger partial charge in [-0.2, -0.15) is 0 Å². The van der Waals surface area contributed by atoms with Gasteiger partial charge in [0.2, 0.25) is 0 Å². The summed E-state index contributed by atoms with van der Waals surface area (Å²) in [6.45, 7) is 0. The second kappa shape index (κ2) is 15.6. The topological polar surface area (TPSA) is 38.9 Å². The van der Waals surface area contributed by atoms with Crippen LogP contribution in [0.4, 0.5) is 0 Å². The van der Waals surface area contributed by atoms with E-state index in [2.05, 4.69) is 200 Å². The van der Waals surface area contributed by atoms with Gasteiger partial charge in [-0.05, 0) is 122 Å². The summed E-state index contributed by atoms with van der Waals surface area (Å²) in [5, 5.41) is 2.20. The molecule has 0 saturated heterocycles. The van der Waals surface area contributed by atoms with Gasteiger partial charge in [-0.3, -0.25) is 0 Å². The zero-order chi connectivity index (χ0) is 40.5. The van der Waals surface area contributed by atoms with Crippen molar-refractivity contribution in [1.29, 1.82) is 0 Å². The molecular formula is C58H38N2O. The molecule has 0 aliphatic heterocycles. The minimum Gasteiger partial charge on any atom is -0.456 e. The third kappa shape index (κ3) is 7.20. The molecule has 286 valence electrons. The Labute approximate surface area is 354 Å². The average Bonchev–Trinajstić information content (AvgIpc) is 3.73. The largest absolute Gasteiger partial charge is 0.456 e. The second-order valence-electron chi connectivity index (χ2n) is 15.4. The number of fused-ring (bicyclic) bond motifs is 3. The molecule has 0 saturated carbocycles. The summed E-state index contributed by atoms with van der Waals surface area (Å²) in [6, 6.07) is 81.3. The van der Waals surface area contributed by atoms with Crippen LogP contribution in [0.5, 0.6) is 0 Å². The van der Waals surface area contributed by atoms with Crippen LogP contribution in [0.25, 0.3) is 111 Å². The molecule has 61 heavy (non-hydrogen) atoms. The molecular weight excluding hydrogens is 741 g/mol. The first-order chi connectivity index (χ1) is 30.2. The van der Waals surface area contributed by atoms with Crippen LogP contribution in [0.15, 0.2) is 235 Å². The van der Waals surface area contributed by atoms with E-state index in [-0.39, 0.29) is 0 Å². The van der Waals surface area contributed by atoms with Gasteiger partial charge in [0.15, 0.2) is 5.82 Å². The maximum atomic E-state index is 6.25. The van der Waals surface area contributed by atoms with Gasteiger partial charge in [-0.15, -0.1) is 0 Å². The quantitative estimate of drug-likeness (QED) is 0.154. The van der Waals surface area contributed by atoms with E-state index in [1.807, 2.05) is 30.3 Å². The highest BCUT2D eigenvalue weighted by molar-refractivity contribution is 6.06. The molecule has 11 aromatic rings. The number of nitrogens with zero attached hydrogens (tertiary/aromatic N) is 2. The Morgan fingerprint density at radius 3 is 1.16 bits per heavy atom. The van der Waals surface area contributed by atoms with Gasteiger partial charge in [0.1, 0.15) is 11.2 Å². The molecule has 0 spiro atoms. The predicted octanol–water partition coefficient (Wildman–Crippen LogP) is 15.7. The molecule has 0 atom stereocenters. The lowest BCUT2D eigenvalue weighted by molar-refractivity contribution is 0.669. The molecule has 3 heteroatoms. The first-order valence-electron chi connectivity index (χ1n) is 20.6. The summed E-state index contributed by atoms with van der Waals surface area (Å²) < 4.78 is 6.25. The van der Waals surface area contributed by atoms with Crippen molar-refractivity contribution >= 4 is 21.9 Å². The number of hydrogen-bond acceptors (Lipinski definition) is 3. The van der Waals surface area contributed by atoms with Gasteiger partial charge in [-0.1, -0.05) is 164 Å². The van der Waals surface area contributed by atoms with Gasteiger partial charge in [0.25, 0.3) is 0 Å². The Bertz CT molecular complexity index is 3280. The fourth-order valence-electron chi connectivity index (χ4n) is 8.35.